The maximum Gasteiger partial charge on any atom is 0.255 e. The van der Waals surface area contributed by atoms with Gasteiger partial charge in [-0.05, 0) is 23.1 Å². The Hall–Kier alpha value is -2.16. The molecular formula is C19H20FNO. The Kier molecular flexibility index (Phi) is 3.51. The number of benzene rings is 2. The third kappa shape index (κ3) is 2.41. The zero-order valence-electron chi connectivity index (χ0n) is 13.1. The molecule has 3 heteroatoms. The number of halogens is 1. The highest BCUT2D eigenvalue weighted by Crippen LogP contribution is 2.42. The monoisotopic (exact) mass is 297 g/mol. The van der Waals surface area contributed by atoms with Crippen LogP contribution in [0.15, 0.2) is 48.5 Å². The van der Waals surface area contributed by atoms with E-state index in [-0.39, 0.29) is 23.2 Å². The van der Waals surface area contributed by atoms with Crippen molar-refractivity contribution in [2.75, 3.05) is 0 Å². The third-order valence-corrected chi connectivity index (χ3v) is 4.18. The van der Waals surface area contributed by atoms with E-state index in [1.54, 1.807) is 17.0 Å². The maximum atomic E-state index is 14.3. The number of rotatable bonds is 2. The first kappa shape index (κ1) is 14.8. The van der Waals surface area contributed by atoms with E-state index in [1.165, 1.54) is 6.07 Å². The number of amides is 1. The lowest BCUT2D eigenvalue weighted by Gasteiger charge is -2.38. The third-order valence-electron chi connectivity index (χ3n) is 4.18. The van der Waals surface area contributed by atoms with Crippen molar-refractivity contribution in [1.29, 1.82) is 0 Å². The fraction of sp³-hybridized carbons (Fsp3) is 0.316. The first-order valence-corrected chi connectivity index (χ1v) is 7.53. The van der Waals surface area contributed by atoms with E-state index in [9.17, 15) is 9.18 Å². The summed E-state index contributed by atoms with van der Waals surface area (Å²) in [4.78, 5) is 14.6. The molecule has 0 N–H and O–H groups in total. The molecular weight excluding hydrogens is 277 g/mol. The Morgan fingerprint density at radius 3 is 2.32 bits per heavy atom. The van der Waals surface area contributed by atoms with Crippen LogP contribution in [0.25, 0.3) is 0 Å². The smallest absolute Gasteiger partial charge is 0.255 e. The van der Waals surface area contributed by atoms with Gasteiger partial charge in [0.25, 0.3) is 5.91 Å². The molecule has 1 unspecified atom stereocenters. The Labute approximate surface area is 130 Å². The zero-order chi connectivity index (χ0) is 15.9. The summed E-state index contributed by atoms with van der Waals surface area (Å²) in [5, 5.41) is 0. The van der Waals surface area contributed by atoms with Crippen molar-refractivity contribution in [2.45, 2.75) is 33.4 Å². The normalized spacial score (nSPS) is 15.8. The number of carbonyl (C=O) groups excluding carboxylic acids is 1. The minimum Gasteiger partial charge on any atom is -0.327 e. The SMILES string of the molecule is CC(C)(C)C(c1ccccc1F)N1Cc2ccccc2C1=O. The van der Waals surface area contributed by atoms with E-state index in [0.717, 1.165) is 11.1 Å². The largest absolute Gasteiger partial charge is 0.327 e. The van der Waals surface area contributed by atoms with Crippen molar-refractivity contribution >= 4 is 5.91 Å². The van der Waals surface area contributed by atoms with Gasteiger partial charge in [0.05, 0.1) is 6.04 Å². The highest BCUT2D eigenvalue weighted by Gasteiger charge is 2.40. The predicted molar refractivity (Wildman–Crippen MR) is 84.9 cm³/mol. The number of carbonyl (C=O) groups is 1. The van der Waals surface area contributed by atoms with Gasteiger partial charge in [-0.1, -0.05) is 57.2 Å². The number of hydrogen-bond donors (Lipinski definition) is 0. The van der Waals surface area contributed by atoms with Gasteiger partial charge in [0, 0.05) is 17.7 Å². The molecule has 0 radical (unpaired) electrons. The number of fused-ring (bicyclic) bond motifs is 1. The molecule has 1 atom stereocenters. The lowest BCUT2D eigenvalue weighted by molar-refractivity contribution is 0.0530. The van der Waals surface area contributed by atoms with Gasteiger partial charge in [0.2, 0.25) is 0 Å². The highest BCUT2D eigenvalue weighted by molar-refractivity contribution is 5.98. The van der Waals surface area contributed by atoms with Crippen LogP contribution in [0.3, 0.4) is 0 Å². The molecule has 1 heterocycles. The summed E-state index contributed by atoms with van der Waals surface area (Å²) in [6.07, 6.45) is 0. The summed E-state index contributed by atoms with van der Waals surface area (Å²) in [7, 11) is 0. The molecule has 0 saturated heterocycles. The van der Waals surface area contributed by atoms with Gasteiger partial charge < -0.3 is 4.90 Å². The maximum absolute atomic E-state index is 14.3. The van der Waals surface area contributed by atoms with Crippen LogP contribution < -0.4 is 0 Å². The van der Waals surface area contributed by atoms with Crippen molar-refractivity contribution < 1.29 is 9.18 Å². The van der Waals surface area contributed by atoms with Gasteiger partial charge in [-0.25, -0.2) is 4.39 Å². The molecule has 2 aromatic rings. The topological polar surface area (TPSA) is 20.3 Å². The number of hydrogen-bond acceptors (Lipinski definition) is 1. The van der Waals surface area contributed by atoms with E-state index >= 15 is 0 Å². The Morgan fingerprint density at radius 1 is 1.05 bits per heavy atom. The van der Waals surface area contributed by atoms with Crippen molar-refractivity contribution in [1.82, 2.24) is 4.90 Å². The standard InChI is InChI=1S/C19H20FNO/c1-19(2,3)17(15-10-6-7-11-16(15)20)21-12-13-8-4-5-9-14(13)18(21)22/h4-11,17H,12H2,1-3H3. The summed E-state index contributed by atoms with van der Waals surface area (Å²) in [6.45, 7) is 6.66. The second-order valence-electron chi connectivity index (χ2n) is 6.88. The van der Waals surface area contributed by atoms with Gasteiger partial charge in [-0.3, -0.25) is 4.79 Å². The highest BCUT2D eigenvalue weighted by atomic mass is 19.1. The van der Waals surface area contributed by atoms with Crippen LogP contribution in [-0.2, 0) is 6.54 Å². The van der Waals surface area contributed by atoms with Crippen molar-refractivity contribution in [3.63, 3.8) is 0 Å². The summed E-state index contributed by atoms with van der Waals surface area (Å²) < 4.78 is 14.3. The average Bonchev–Trinajstić information content (AvgIpc) is 2.78. The van der Waals surface area contributed by atoms with Crippen LogP contribution in [0.5, 0.6) is 0 Å². The Balaban J connectivity index is 2.07. The second-order valence-corrected chi connectivity index (χ2v) is 6.88. The first-order chi connectivity index (χ1) is 10.4. The fourth-order valence-corrected chi connectivity index (χ4v) is 3.28. The molecule has 2 aromatic carbocycles. The van der Waals surface area contributed by atoms with Crippen LogP contribution in [-0.4, -0.2) is 10.8 Å². The summed E-state index contributed by atoms with van der Waals surface area (Å²) >= 11 is 0. The van der Waals surface area contributed by atoms with E-state index in [1.807, 2.05) is 51.1 Å². The quantitative estimate of drug-likeness (QED) is 0.795. The van der Waals surface area contributed by atoms with Crippen LogP contribution >= 0.6 is 0 Å². The summed E-state index contributed by atoms with van der Waals surface area (Å²) in [5.41, 5.74) is 2.06. The fourth-order valence-electron chi connectivity index (χ4n) is 3.28. The average molecular weight is 297 g/mol. The van der Waals surface area contributed by atoms with Gasteiger partial charge in [0.15, 0.2) is 0 Å². The molecule has 0 fully saturated rings. The minimum atomic E-state index is -0.298. The molecule has 3 rings (SSSR count). The first-order valence-electron chi connectivity index (χ1n) is 7.53. The molecule has 0 aromatic heterocycles. The van der Waals surface area contributed by atoms with Crippen LogP contribution in [0.4, 0.5) is 4.39 Å². The molecule has 0 bridgehead atoms. The van der Waals surface area contributed by atoms with E-state index in [0.29, 0.717) is 12.1 Å². The van der Waals surface area contributed by atoms with Gasteiger partial charge in [-0.2, -0.15) is 0 Å². The second kappa shape index (κ2) is 5.24. The van der Waals surface area contributed by atoms with Crippen molar-refractivity contribution in [3.8, 4) is 0 Å². The van der Waals surface area contributed by atoms with Crippen LogP contribution in [0, 0.1) is 11.2 Å². The summed E-state index contributed by atoms with van der Waals surface area (Å²) in [5.74, 6) is -0.273. The zero-order valence-corrected chi connectivity index (χ0v) is 13.1. The molecule has 0 spiro atoms. The minimum absolute atomic E-state index is 0.0150. The molecule has 1 aliphatic rings. The molecule has 2 nitrogen and oxygen atoms in total. The molecule has 22 heavy (non-hydrogen) atoms. The van der Waals surface area contributed by atoms with Gasteiger partial charge >= 0.3 is 0 Å². The van der Waals surface area contributed by atoms with Crippen molar-refractivity contribution in [2.24, 2.45) is 5.41 Å². The molecule has 0 saturated carbocycles. The lowest BCUT2D eigenvalue weighted by Crippen LogP contribution is -2.37. The molecule has 1 amide bonds. The lowest BCUT2D eigenvalue weighted by atomic mass is 9.81. The van der Waals surface area contributed by atoms with Crippen LogP contribution in [0.2, 0.25) is 0 Å². The molecule has 0 aliphatic carbocycles. The molecule has 1 aliphatic heterocycles. The summed E-state index contributed by atoms with van der Waals surface area (Å²) in [6, 6.07) is 14.1. The van der Waals surface area contributed by atoms with Gasteiger partial charge in [-0.15, -0.1) is 0 Å². The Morgan fingerprint density at radius 2 is 1.68 bits per heavy atom. The van der Waals surface area contributed by atoms with Crippen LogP contribution in [0.1, 0.15) is 48.3 Å². The van der Waals surface area contributed by atoms with E-state index in [4.69, 9.17) is 0 Å². The number of nitrogens with zero attached hydrogens (tertiary/aromatic N) is 1. The Bertz CT molecular complexity index is 717. The van der Waals surface area contributed by atoms with E-state index < -0.39 is 0 Å². The van der Waals surface area contributed by atoms with E-state index in [2.05, 4.69) is 0 Å². The van der Waals surface area contributed by atoms with Crippen molar-refractivity contribution in [3.05, 3.63) is 71.0 Å². The molecule has 114 valence electrons. The predicted octanol–water partition coefficient (Wildman–Crippen LogP) is 4.57. The van der Waals surface area contributed by atoms with Gasteiger partial charge in [0.1, 0.15) is 5.82 Å².